The van der Waals surface area contributed by atoms with E-state index in [-0.39, 0.29) is 5.82 Å². The summed E-state index contributed by atoms with van der Waals surface area (Å²) in [7, 11) is 0. The van der Waals surface area contributed by atoms with Gasteiger partial charge in [-0.3, -0.25) is 0 Å². The summed E-state index contributed by atoms with van der Waals surface area (Å²) in [5.41, 5.74) is 5.47. The Morgan fingerprint density at radius 3 is 2.93 bits per heavy atom. The van der Waals surface area contributed by atoms with E-state index in [0.717, 1.165) is 25.8 Å². The summed E-state index contributed by atoms with van der Waals surface area (Å²) in [6.45, 7) is 1.44. The predicted octanol–water partition coefficient (Wildman–Crippen LogP) is 1.54. The van der Waals surface area contributed by atoms with E-state index < -0.39 is 0 Å². The molecule has 1 aliphatic rings. The van der Waals surface area contributed by atoms with E-state index in [4.69, 9.17) is 5.73 Å². The van der Waals surface area contributed by atoms with E-state index in [1.807, 2.05) is 4.90 Å². The molecule has 15 heavy (non-hydrogen) atoms. The van der Waals surface area contributed by atoms with Gasteiger partial charge in [-0.2, -0.15) is 0 Å². The molecule has 1 aromatic rings. The molecule has 1 saturated carbocycles. The van der Waals surface area contributed by atoms with Gasteiger partial charge in [0.05, 0.1) is 0 Å². The Morgan fingerprint density at radius 1 is 1.53 bits per heavy atom. The number of rotatable bonds is 5. The van der Waals surface area contributed by atoms with Crippen LogP contribution in [0.15, 0.2) is 18.3 Å². The second kappa shape index (κ2) is 4.57. The number of nitrogens with two attached hydrogens (primary N) is 1. The molecular weight excluding hydrogens is 193 g/mol. The molecule has 0 unspecified atom stereocenters. The first-order chi connectivity index (χ1) is 7.33. The fourth-order valence-electron chi connectivity index (χ4n) is 1.70. The zero-order valence-electron chi connectivity index (χ0n) is 8.69. The minimum Gasteiger partial charge on any atom is -0.351 e. The van der Waals surface area contributed by atoms with Crippen molar-refractivity contribution in [3.8, 4) is 0 Å². The van der Waals surface area contributed by atoms with Gasteiger partial charge < -0.3 is 10.6 Å². The number of pyridine rings is 1. The third kappa shape index (κ3) is 2.45. The van der Waals surface area contributed by atoms with Crippen molar-refractivity contribution in [2.24, 2.45) is 5.73 Å². The van der Waals surface area contributed by atoms with E-state index >= 15 is 0 Å². The molecule has 1 aliphatic carbocycles. The summed E-state index contributed by atoms with van der Waals surface area (Å²) >= 11 is 0. The fraction of sp³-hybridized carbons (Fsp3) is 0.545. The number of nitrogens with zero attached hydrogens (tertiary/aromatic N) is 2. The Kier molecular flexibility index (Phi) is 3.16. The van der Waals surface area contributed by atoms with Gasteiger partial charge in [0, 0.05) is 18.8 Å². The van der Waals surface area contributed by atoms with Crippen molar-refractivity contribution in [2.45, 2.75) is 25.3 Å². The van der Waals surface area contributed by atoms with Crippen LogP contribution in [-0.4, -0.2) is 24.1 Å². The first-order valence-electron chi connectivity index (χ1n) is 5.40. The van der Waals surface area contributed by atoms with Gasteiger partial charge in [-0.05, 0) is 37.9 Å². The topological polar surface area (TPSA) is 42.1 Å². The third-order valence-corrected chi connectivity index (χ3v) is 2.60. The summed E-state index contributed by atoms with van der Waals surface area (Å²) in [4.78, 5) is 6.15. The smallest absolute Gasteiger partial charge is 0.165 e. The summed E-state index contributed by atoms with van der Waals surface area (Å²) in [5.74, 6) is 0.245. The highest BCUT2D eigenvalue weighted by Crippen LogP contribution is 2.31. The summed E-state index contributed by atoms with van der Waals surface area (Å²) < 4.78 is 13.5. The fourth-order valence-corrected chi connectivity index (χ4v) is 1.70. The number of anilines is 1. The quantitative estimate of drug-likeness (QED) is 0.799. The van der Waals surface area contributed by atoms with E-state index in [1.165, 1.54) is 6.07 Å². The van der Waals surface area contributed by atoms with Crippen LogP contribution in [0, 0.1) is 5.82 Å². The summed E-state index contributed by atoms with van der Waals surface area (Å²) in [6.07, 6.45) is 4.80. The maximum absolute atomic E-state index is 13.5. The molecular formula is C11H16FN3. The lowest BCUT2D eigenvalue weighted by atomic mass is 10.3. The molecule has 0 aromatic carbocycles. The second-order valence-electron chi connectivity index (χ2n) is 3.88. The molecule has 4 heteroatoms. The average molecular weight is 209 g/mol. The molecule has 0 saturated heterocycles. The average Bonchev–Trinajstić information content (AvgIpc) is 3.05. The molecule has 1 aromatic heterocycles. The Labute approximate surface area is 89.1 Å². The zero-order valence-corrected chi connectivity index (χ0v) is 8.69. The predicted molar refractivity (Wildman–Crippen MR) is 58.2 cm³/mol. The highest BCUT2D eigenvalue weighted by atomic mass is 19.1. The third-order valence-electron chi connectivity index (χ3n) is 2.60. The molecule has 1 heterocycles. The molecule has 82 valence electrons. The van der Waals surface area contributed by atoms with Gasteiger partial charge in [0.25, 0.3) is 0 Å². The Bertz CT molecular complexity index is 325. The molecule has 1 fully saturated rings. The molecule has 0 atom stereocenters. The van der Waals surface area contributed by atoms with Gasteiger partial charge in [0.1, 0.15) is 0 Å². The number of aromatic nitrogens is 1. The van der Waals surface area contributed by atoms with E-state index in [9.17, 15) is 4.39 Å². The monoisotopic (exact) mass is 209 g/mol. The summed E-state index contributed by atoms with van der Waals surface area (Å²) in [5, 5.41) is 0. The Balaban J connectivity index is 2.13. The van der Waals surface area contributed by atoms with Crippen molar-refractivity contribution in [1.29, 1.82) is 0 Å². The van der Waals surface area contributed by atoms with Crippen LogP contribution >= 0.6 is 0 Å². The molecule has 0 spiro atoms. The number of hydrogen-bond donors (Lipinski definition) is 1. The van der Waals surface area contributed by atoms with Crippen LogP contribution in [0.3, 0.4) is 0 Å². The van der Waals surface area contributed by atoms with Gasteiger partial charge in [-0.15, -0.1) is 0 Å². The van der Waals surface area contributed by atoms with Crippen molar-refractivity contribution < 1.29 is 4.39 Å². The second-order valence-corrected chi connectivity index (χ2v) is 3.88. The van der Waals surface area contributed by atoms with Crippen LogP contribution in [0.25, 0.3) is 0 Å². The zero-order chi connectivity index (χ0) is 10.7. The molecule has 0 radical (unpaired) electrons. The van der Waals surface area contributed by atoms with Crippen molar-refractivity contribution in [3.63, 3.8) is 0 Å². The van der Waals surface area contributed by atoms with Crippen LogP contribution in [-0.2, 0) is 0 Å². The van der Waals surface area contributed by atoms with Crippen molar-refractivity contribution >= 4 is 5.82 Å². The van der Waals surface area contributed by atoms with Crippen molar-refractivity contribution in [2.75, 3.05) is 18.0 Å². The van der Waals surface area contributed by atoms with Gasteiger partial charge in [0.15, 0.2) is 11.6 Å². The van der Waals surface area contributed by atoms with Crippen molar-refractivity contribution in [3.05, 3.63) is 24.1 Å². The van der Waals surface area contributed by atoms with Crippen molar-refractivity contribution in [1.82, 2.24) is 4.98 Å². The standard InChI is InChI=1S/C11H16FN3/c12-10-3-1-7-14-11(10)15(8-2-6-13)9-4-5-9/h1,3,7,9H,2,4-6,8,13H2. The maximum Gasteiger partial charge on any atom is 0.165 e. The van der Waals surface area contributed by atoms with E-state index in [1.54, 1.807) is 12.3 Å². The van der Waals surface area contributed by atoms with Gasteiger partial charge in [-0.25, -0.2) is 9.37 Å². The minimum absolute atomic E-state index is 0.235. The van der Waals surface area contributed by atoms with Gasteiger partial charge in [0.2, 0.25) is 0 Å². The van der Waals surface area contributed by atoms with Crippen LogP contribution in [0.5, 0.6) is 0 Å². The van der Waals surface area contributed by atoms with Gasteiger partial charge in [-0.1, -0.05) is 0 Å². The minimum atomic E-state index is -0.235. The molecule has 2 N–H and O–H groups in total. The lowest BCUT2D eigenvalue weighted by Gasteiger charge is -2.23. The molecule has 2 rings (SSSR count). The molecule has 0 amide bonds. The first kappa shape index (κ1) is 10.4. The largest absolute Gasteiger partial charge is 0.351 e. The summed E-state index contributed by atoms with van der Waals surface area (Å²) in [6, 6.07) is 3.55. The van der Waals surface area contributed by atoms with Crippen LogP contribution in [0.4, 0.5) is 10.2 Å². The lowest BCUT2D eigenvalue weighted by Crippen LogP contribution is -2.29. The van der Waals surface area contributed by atoms with Crippen LogP contribution < -0.4 is 10.6 Å². The number of hydrogen-bond acceptors (Lipinski definition) is 3. The van der Waals surface area contributed by atoms with E-state index in [0.29, 0.717) is 18.4 Å². The first-order valence-corrected chi connectivity index (χ1v) is 5.40. The SMILES string of the molecule is NCCCN(c1ncccc1F)C1CC1. The molecule has 0 aliphatic heterocycles. The highest BCUT2D eigenvalue weighted by molar-refractivity contribution is 5.42. The maximum atomic E-state index is 13.5. The Morgan fingerprint density at radius 2 is 2.33 bits per heavy atom. The lowest BCUT2D eigenvalue weighted by molar-refractivity contribution is 0.602. The normalized spacial score (nSPS) is 15.3. The highest BCUT2D eigenvalue weighted by Gasteiger charge is 2.30. The van der Waals surface area contributed by atoms with E-state index in [2.05, 4.69) is 4.98 Å². The van der Waals surface area contributed by atoms with Crippen LogP contribution in [0.2, 0.25) is 0 Å². The molecule has 0 bridgehead atoms. The van der Waals surface area contributed by atoms with Crippen LogP contribution in [0.1, 0.15) is 19.3 Å². The number of halogens is 1. The molecule has 3 nitrogen and oxygen atoms in total. The van der Waals surface area contributed by atoms with Gasteiger partial charge >= 0.3 is 0 Å². The Hall–Kier alpha value is -1.16.